The van der Waals surface area contributed by atoms with Crippen molar-refractivity contribution in [1.82, 2.24) is 15.3 Å². The summed E-state index contributed by atoms with van der Waals surface area (Å²) in [6.07, 6.45) is 5.35. The molecule has 0 aliphatic carbocycles. The molecule has 0 atom stereocenters. The Kier molecular flexibility index (Phi) is 5.32. The molecule has 0 radical (unpaired) electrons. The van der Waals surface area contributed by atoms with Gasteiger partial charge in [0.25, 0.3) is 11.8 Å². The second-order valence-corrected chi connectivity index (χ2v) is 5.58. The molecule has 2 aromatic heterocycles. The van der Waals surface area contributed by atoms with Gasteiger partial charge in [-0.25, -0.2) is 0 Å². The lowest BCUT2D eigenvalue weighted by Gasteiger charge is -2.12. The lowest BCUT2D eigenvalue weighted by Crippen LogP contribution is -2.20. The molecular formula is C20H16N4O3. The van der Waals surface area contributed by atoms with Gasteiger partial charge < -0.3 is 10.6 Å². The highest BCUT2D eigenvalue weighted by atomic mass is 16.2. The van der Waals surface area contributed by atoms with Crippen LogP contribution in [0.15, 0.2) is 61.1 Å². The number of benzene rings is 1. The van der Waals surface area contributed by atoms with Crippen molar-refractivity contribution < 1.29 is 14.4 Å². The van der Waals surface area contributed by atoms with Crippen LogP contribution in [0.4, 0.5) is 5.69 Å². The average Bonchev–Trinajstić information content (AvgIpc) is 2.73. The van der Waals surface area contributed by atoms with E-state index in [1.54, 1.807) is 42.7 Å². The third-order valence-electron chi connectivity index (χ3n) is 3.95. The first kappa shape index (κ1) is 17.9. The molecule has 0 aliphatic rings. The number of anilines is 1. The van der Waals surface area contributed by atoms with Gasteiger partial charge in [0.15, 0.2) is 6.29 Å². The molecule has 2 N–H and O–H groups in total. The third-order valence-corrected chi connectivity index (χ3v) is 3.95. The van der Waals surface area contributed by atoms with Crippen molar-refractivity contribution in [3.05, 3.63) is 77.9 Å². The fraction of sp³-hybridized carbons (Fsp3) is 0.0500. The molecule has 0 unspecified atom stereocenters. The van der Waals surface area contributed by atoms with E-state index in [9.17, 15) is 14.4 Å². The predicted octanol–water partition coefficient (Wildman–Crippen LogP) is 2.57. The monoisotopic (exact) mass is 360 g/mol. The largest absolute Gasteiger partial charge is 0.354 e. The average molecular weight is 360 g/mol. The Morgan fingerprint density at radius 2 is 1.78 bits per heavy atom. The fourth-order valence-electron chi connectivity index (χ4n) is 2.60. The molecule has 3 aromatic rings. The molecule has 134 valence electrons. The van der Waals surface area contributed by atoms with Crippen LogP contribution in [-0.4, -0.2) is 35.1 Å². The highest BCUT2D eigenvalue weighted by molar-refractivity contribution is 6.08. The highest BCUT2D eigenvalue weighted by Crippen LogP contribution is 2.28. The van der Waals surface area contributed by atoms with Crippen LogP contribution < -0.4 is 10.6 Å². The number of aldehydes is 1. The van der Waals surface area contributed by atoms with E-state index in [0.717, 1.165) is 5.56 Å². The van der Waals surface area contributed by atoms with Gasteiger partial charge in [-0.2, -0.15) is 0 Å². The molecule has 0 fully saturated rings. The maximum Gasteiger partial charge on any atom is 0.269 e. The molecule has 2 amide bonds. The molecule has 2 heterocycles. The second-order valence-electron chi connectivity index (χ2n) is 5.58. The normalized spacial score (nSPS) is 10.1. The van der Waals surface area contributed by atoms with E-state index >= 15 is 0 Å². The summed E-state index contributed by atoms with van der Waals surface area (Å²) in [6, 6.07) is 11.6. The summed E-state index contributed by atoms with van der Waals surface area (Å²) in [5.74, 6) is -0.838. The van der Waals surface area contributed by atoms with Crippen LogP contribution in [0.5, 0.6) is 0 Å². The first-order chi connectivity index (χ1) is 13.1. The van der Waals surface area contributed by atoms with Gasteiger partial charge in [0, 0.05) is 36.8 Å². The van der Waals surface area contributed by atoms with Gasteiger partial charge in [0.2, 0.25) is 0 Å². The molecule has 0 saturated carbocycles. The first-order valence-electron chi connectivity index (χ1n) is 8.12. The number of carbonyl (C=O) groups excluding carboxylic acids is 3. The SMILES string of the molecule is CNC(=O)c1cc(C(=O)Nc2cccc(-c3ccncc3)c2C=O)ccn1. The zero-order valence-electron chi connectivity index (χ0n) is 14.5. The number of hydrogen-bond acceptors (Lipinski definition) is 5. The van der Waals surface area contributed by atoms with Gasteiger partial charge in [-0.15, -0.1) is 0 Å². The maximum atomic E-state index is 12.6. The molecule has 0 saturated heterocycles. The number of aromatic nitrogens is 2. The summed E-state index contributed by atoms with van der Waals surface area (Å²) in [7, 11) is 1.48. The van der Waals surface area contributed by atoms with Gasteiger partial charge in [-0.1, -0.05) is 12.1 Å². The van der Waals surface area contributed by atoms with E-state index in [1.165, 1.54) is 25.4 Å². The summed E-state index contributed by atoms with van der Waals surface area (Å²) >= 11 is 0. The Morgan fingerprint density at radius 3 is 2.48 bits per heavy atom. The van der Waals surface area contributed by atoms with Crippen LogP contribution in [0.2, 0.25) is 0 Å². The van der Waals surface area contributed by atoms with Crippen LogP contribution in [-0.2, 0) is 0 Å². The van der Waals surface area contributed by atoms with Crippen LogP contribution >= 0.6 is 0 Å². The number of nitrogens with one attached hydrogen (secondary N) is 2. The molecule has 27 heavy (non-hydrogen) atoms. The van der Waals surface area contributed by atoms with Crippen LogP contribution in [0.25, 0.3) is 11.1 Å². The predicted molar refractivity (Wildman–Crippen MR) is 101 cm³/mol. The van der Waals surface area contributed by atoms with Crippen molar-refractivity contribution >= 4 is 23.8 Å². The number of nitrogens with zero attached hydrogens (tertiary/aromatic N) is 2. The Hall–Kier alpha value is -3.87. The lowest BCUT2D eigenvalue weighted by atomic mass is 9.99. The van der Waals surface area contributed by atoms with Gasteiger partial charge in [0.1, 0.15) is 5.69 Å². The fourth-order valence-corrected chi connectivity index (χ4v) is 2.60. The molecule has 0 spiro atoms. The summed E-state index contributed by atoms with van der Waals surface area (Å²) in [5.41, 5.74) is 2.63. The quantitative estimate of drug-likeness (QED) is 0.681. The van der Waals surface area contributed by atoms with Crippen molar-refractivity contribution in [3.8, 4) is 11.1 Å². The molecule has 1 aromatic carbocycles. The Labute approximate surface area is 155 Å². The van der Waals surface area contributed by atoms with E-state index in [0.29, 0.717) is 23.1 Å². The van der Waals surface area contributed by atoms with E-state index in [2.05, 4.69) is 20.6 Å². The number of hydrogen-bond donors (Lipinski definition) is 2. The smallest absolute Gasteiger partial charge is 0.269 e. The van der Waals surface area contributed by atoms with E-state index < -0.39 is 11.8 Å². The highest BCUT2D eigenvalue weighted by Gasteiger charge is 2.15. The topological polar surface area (TPSA) is 101 Å². The summed E-state index contributed by atoms with van der Waals surface area (Å²) in [5, 5.41) is 5.18. The summed E-state index contributed by atoms with van der Waals surface area (Å²) in [4.78, 5) is 43.9. The molecule has 7 heteroatoms. The zero-order valence-corrected chi connectivity index (χ0v) is 14.5. The van der Waals surface area contributed by atoms with Crippen molar-refractivity contribution in [3.63, 3.8) is 0 Å². The van der Waals surface area contributed by atoms with Gasteiger partial charge in [-0.05, 0) is 41.5 Å². The van der Waals surface area contributed by atoms with Gasteiger partial charge >= 0.3 is 0 Å². The molecule has 0 aliphatic heterocycles. The standard InChI is InChI=1S/C20H16N4O3/c1-21-20(27)18-11-14(7-10-23-18)19(26)24-17-4-2-3-15(16(17)12-25)13-5-8-22-9-6-13/h2-12H,1H3,(H,21,27)(H,24,26). The minimum Gasteiger partial charge on any atom is -0.354 e. The summed E-state index contributed by atoms with van der Waals surface area (Å²) in [6.45, 7) is 0. The van der Waals surface area contributed by atoms with E-state index in [1.807, 2.05) is 0 Å². The number of pyridine rings is 2. The Morgan fingerprint density at radius 1 is 1.00 bits per heavy atom. The van der Waals surface area contributed by atoms with Crippen LogP contribution in [0, 0.1) is 0 Å². The second kappa shape index (κ2) is 8.01. The Bertz CT molecular complexity index is 1000. The maximum absolute atomic E-state index is 12.6. The van der Waals surface area contributed by atoms with Crippen molar-refractivity contribution in [1.29, 1.82) is 0 Å². The minimum atomic E-state index is -0.447. The van der Waals surface area contributed by atoms with Crippen molar-refractivity contribution in [2.75, 3.05) is 12.4 Å². The minimum absolute atomic E-state index is 0.131. The summed E-state index contributed by atoms with van der Waals surface area (Å²) < 4.78 is 0. The molecule has 3 rings (SSSR count). The van der Waals surface area contributed by atoms with Gasteiger partial charge in [0.05, 0.1) is 5.69 Å². The van der Waals surface area contributed by atoms with Gasteiger partial charge in [-0.3, -0.25) is 24.4 Å². The molecular weight excluding hydrogens is 344 g/mol. The number of carbonyl (C=O) groups is 3. The number of amides is 2. The van der Waals surface area contributed by atoms with Crippen LogP contribution in [0.3, 0.4) is 0 Å². The zero-order chi connectivity index (χ0) is 19.2. The van der Waals surface area contributed by atoms with E-state index in [4.69, 9.17) is 0 Å². The first-order valence-corrected chi connectivity index (χ1v) is 8.12. The third kappa shape index (κ3) is 3.87. The van der Waals surface area contributed by atoms with Crippen molar-refractivity contribution in [2.45, 2.75) is 0 Å². The molecule has 0 bridgehead atoms. The molecule has 7 nitrogen and oxygen atoms in total. The van der Waals surface area contributed by atoms with E-state index in [-0.39, 0.29) is 11.3 Å². The van der Waals surface area contributed by atoms with Crippen LogP contribution in [0.1, 0.15) is 31.2 Å². The number of rotatable bonds is 5. The lowest BCUT2D eigenvalue weighted by molar-refractivity contribution is 0.0958. The van der Waals surface area contributed by atoms with Crippen molar-refractivity contribution in [2.24, 2.45) is 0 Å². The Balaban J connectivity index is 1.93.